The molecule has 0 atom stereocenters. The maximum atomic E-state index is 12.1. The number of carbonyl (C=O) groups is 1. The van der Waals surface area contributed by atoms with Gasteiger partial charge >= 0.3 is 0 Å². The molecule has 0 saturated carbocycles. The molecule has 1 amide bonds. The molecule has 3 rings (SSSR count). The monoisotopic (exact) mass is 304 g/mol. The van der Waals surface area contributed by atoms with Crippen molar-refractivity contribution in [2.45, 2.75) is 6.92 Å². The van der Waals surface area contributed by atoms with E-state index in [0.29, 0.717) is 11.1 Å². The molecule has 0 radical (unpaired) electrons. The first kappa shape index (κ1) is 14.8. The van der Waals surface area contributed by atoms with E-state index in [-0.39, 0.29) is 11.7 Å². The van der Waals surface area contributed by atoms with Crippen LogP contribution < -0.4 is 5.43 Å². The highest BCUT2D eigenvalue weighted by molar-refractivity contribution is 5.99. The third-order valence-corrected chi connectivity index (χ3v) is 3.69. The quantitative estimate of drug-likeness (QED) is 0.573. The average molecular weight is 304 g/mol. The Balaban J connectivity index is 1.80. The van der Waals surface area contributed by atoms with E-state index in [2.05, 4.69) is 10.5 Å². The molecule has 0 bridgehead atoms. The van der Waals surface area contributed by atoms with Crippen LogP contribution in [0.3, 0.4) is 0 Å². The normalized spacial score (nSPS) is 11.0. The summed E-state index contributed by atoms with van der Waals surface area (Å²) >= 11 is 0. The summed E-state index contributed by atoms with van der Waals surface area (Å²) in [7, 11) is 0. The minimum atomic E-state index is -0.278. The van der Waals surface area contributed by atoms with E-state index < -0.39 is 0 Å². The summed E-state index contributed by atoms with van der Waals surface area (Å²) in [6.07, 6.45) is 1.44. The number of benzene rings is 3. The first-order valence-corrected chi connectivity index (χ1v) is 7.26. The molecule has 0 aliphatic carbocycles. The fourth-order valence-electron chi connectivity index (χ4n) is 2.42. The average Bonchev–Trinajstić information content (AvgIpc) is 2.57. The molecule has 3 aromatic rings. The number of phenols is 1. The topological polar surface area (TPSA) is 61.7 Å². The van der Waals surface area contributed by atoms with Crippen LogP contribution in [0.25, 0.3) is 10.8 Å². The van der Waals surface area contributed by atoms with Crippen molar-refractivity contribution in [3.63, 3.8) is 0 Å². The zero-order valence-corrected chi connectivity index (χ0v) is 12.7. The second-order valence-corrected chi connectivity index (χ2v) is 5.24. The molecule has 0 saturated heterocycles. The number of hydrogen-bond donors (Lipinski definition) is 2. The van der Waals surface area contributed by atoms with Crippen LogP contribution in [0.1, 0.15) is 21.5 Å². The number of amides is 1. The maximum Gasteiger partial charge on any atom is 0.271 e. The van der Waals surface area contributed by atoms with Crippen molar-refractivity contribution in [3.8, 4) is 5.75 Å². The molecule has 0 unspecified atom stereocenters. The Morgan fingerprint density at radius 2 is 1.78 bits per heavy atom. The molecule has 114 valence electrons. The van der Waals surface area contributed by atoms with Gasteiger partial charge in [-0.2, -0.15) is 5.10 Å². The third-order valence-electron chi connectivity index (χ3n) is 3.69. The zero-order chi connectivity index (χ0) is 16.2. The van der Waals surface area contributed by atoms with Crippen LogP contribution in [-0.4, -0.2) is 17.2 Å². The number of aromatic hydroxyl groups is 1. The van der Waals surface area contributed by atoms with Gasteiger partial charge in [-0.25, -0.2) is 5.43 Å². The van der Waals surface area contributed by atoms with E-state index in [9.17, 15) is 9.90 Å². The number of rotatable bonds is 3. The van der Waals surface area contributed by atoms with Crippen LogP contribution in [-0.2, 0) is 0 Å². The Morgan fingerprint density at radius 3 is 2.61 bits per heavy atom. The maximum absolute atomic E-state index is 12.1. The number of carbonyl (C=O) groups excluding carboxylic acids is 1. The largest absolute Gasteiger partial charge is 0.507 e. The SMILES string of the molecule is Cc1ccccc1C(=O)N/N=C/c1ccc2ccccc2c1O. The number of aryl methyl sites for hydroxylation is 1. The van der Waals surface area contributed by atoms with Crippen LogP contribution in [0.4, 0.5) is 0 Å². The molecule has 3 aromatic carbocycles. The van der Waals surface area contributed by atoms with Crippen LogP contribution >= 0.6 is 0 Å². The Kier molecular flexibility index (Phi) is 4.06. The Hall–Kier alpha value is -3.14. The van der Waals surface area contributed by atoms with Crippen molar-refractivity contribution in [2.75, 3.05) is 0 Å². The molecule has 0 heterocycles. The van der Waals surface area contributed by atoms with E-state index >= 15 is 0 Å². The number of nitrogens with zero attached hydrogens (tertiary/aromatic N) is 1. The van der Waals surface area contributed by atoms with Crippen molar-refractivity contribution >= 4 is 22.9 Å². The molecule has 4 nitrogen and oxygen atoms in total. The number of hydrazone groups is 1. The van der Waals surface area contributed by atoms with Crippen molar-refractivity contribution < 1.29 is 9.90 Å². The van der Waals surface area contributed by atoms with Gasteiger partial charge in [-0.3, -0.25) is 4.79 Å². The summed E-state index contributed by atoms with van der Waals surface area (Å²) in [5, 5.41) is 15.9. The van der Waals surface area contributed by atoms with E-state index in [1.807, 2.05) is 49.4 Å². The highest BCUT2D eigenvalue weighted by Crippen LogP contribution is 2.27. The Labute approximate surface area is 134 Å². The standard InChI is InChI=1S/C19H16N2O2/c1-13-6-2-4-8-16(13)19(23)21-20-12-15-11-10-14-7-3-5-9-17(14)18(15)22/h2-12,22H,1H3,(H,21,23)/b20-12+. The first-order valence-electron chi connectivity index (χ1n) is 7.26. The summed E-state index contributed by atoms with van der Waals surface area (Å²) in [6.45, 7) is 1.87. The van der Waals surface area contributed by atoms with Crippen LogP contribution in [0, 0.1) is 6.92 Å². The van der Waals surface area contributed by atoms with Gasteiger partial charge in [0.05, 0.1) is 6.21 Å². The van der Waals surface area contributed by atoms with Gasteiger partial charge in [0.15, 0.2) is 0 Å². The summed E-state index contributed by atoms with van der Waals surface area (Å²) in [6, 6.07) is 18.5. The molecule has 0 fully saturated rings. The predicted octanol–water partition coefficient (Wildman–Crippen LogP) is 3.62. The van der Waals surface area contributed by atoms with Gasteiger partial charge in [0.2, 0.25) is 0 Å². The third kappa shape index (κ3) is 3.06. The lowest BCUT2D eigenvalue weighted by atomic mass is 10.1. The van der Waals surface area contributed by atoms with Gasteiger partial charge in [-0.05, 0) is 30.0 Å². The number of hydrogen-bond acceptors (Lipinski definition) is 3. The van der Waals surface area contributed by atoms with E-state index in [0.717, 1.165) is 16.3 Å². The number of nitrogens with one attached hydrogen (secondary N) is 1. The predicted molar refractivity (Wildman–Crippen MR) is 91.9 cm³/mol. The molecule has 23 heavy (non-hydrogen) atoms. The smallest absolute Gasteiger partial charge is 0.271 e. The van der Waals surface area contributed by atoms with Crippen LogP contribution in [0.2, 0.25) is 0 Å². The Morgan fingerprint density at radius 1 is 1.04 bits per heavy atom. The molecule has 0 aliphatic heterocycles. The van der Waals surface area contributed by atoms with Gasteiger partial charge in [-0.15, -0.1) is 0 Å². The first-order chi connectivity index (χ1) is 11.2. The summed E-state index contributed by atoms with van der Waals surface area (Å²) in [5.74, 6) is -0.128. The van der Waals surface area contributed by atoms with Crippen molar-refractivity contribution in [1.82, 2.24) is 5.43 Å². The van der Waals surface area contributed by atoms with E-state index in [1.54, 1.807) is 18.2 Å². The summed E-state index contributed by atoms with van der Waals surface area (Å²) in [5.41, 5.74) is 4.49. The summed E-state index contributed by atoms with van der Waals surface area (Å²) < 4.78 is 0. The Bertz CT molecular complexity index is 901. The minimum Gasteiger partial charge on any atom is -0.507 e. The highest BCUT2D eigenvalue weighted by Gasteiger charge is 2.07. The van der Waals surface area contributed by atoms with Crippen molar-refractivity contribution in [2.24, 2.45) is 5.10 Å². The van der Waals surface area contributed by atoms with E-state index in [1.165, 1.54) is 6.21 Å². The second-order valence-electron chi connectivity index (χ2n) is 5.24. The van der Waals surface area contributed by atoms with Gasteiger partial charge in [0.25, 0.3) is 5.91 Å². The molecular formula is C19H16N2O2. The van der Waals surface area contributed by atoms with Gasteiger partial charge in [0, 0.05) is 16.5 Å². The van der Waals surface area contributed by atoms with Crippen LogP contribution in [0.5, 0.6) is 5.75 Å². The molecule has 4 heteroatoms. The number of fused-ring (bicyclic) bond motifs is 1. The molecule has 0 aliphatic rings. The van der Waals surface area contributed by atoms with Gasteiger partial charge < -0.3 is 5.11 Å². The molecule has 2 N–H and O–H groups in total. The molecular weight excluding hydrogens is 288 g/mol. The van der Waals surface area contributed by atoms with E-state index in [4.69, 9.17) is 0 Å². The minimum absolute atomic E-state index is 0.150. The van der Waals surface area contributed by atoms with Crippen molar-refractivity contribution in [3.05, 3.63) is 77.4 Å². The lowest BCUT2D eigenvalue weighted by Gasteiger charge is -2.05. The fourth-order valence-corrected chi connectivity index (χ4v) is 2.42. The second kappa shape index (κ2) is 6.32. The highest BCUT2D eigenvalue weighted by atomic mass is 16.3. The van der Waals surface area contributed by atoms with Crippen molar-refractivity contribution in [1.29, 1.82) is 0 Å². The lowest BCUT2D eigenvalue weighted by Crippen LogP contribution is -2.18. The number of phenolic OH excluding ortho intramolecular Hbond substituents is 1. The zero-order valence-electron chi connectivity index (χ0n) is 12.7. The van der Waals surface area contributed by atoms with Gasteiger partial charge in [0.1, 0.15) is 5.75 Å². The lowest BCUT2D eigenvalue weighted by molar-refractivity contribution is 0.0954. The van der Waals surface area contributed by atoms with Crippen LogP contribution in [0.15, 0.2) is 65.8 Å². The molecule has 0 spiro atoms. The fraction of sp³-hybridized carbons (Fsp3) is 0.0526. The van der Waals surface area contributed by atoms with Gasteiger partial charge in [-0.1, -0.05) is 48.5 Å². The summed E-state index contributed by atoms with van der Waals surface area (Å²) in [4.78, 5) is 12.1. The molecule has 0 aromatic heterocycles.